The summed E-state index contributed by atoms with van der Waals surface area (Å²) in [4.78, 5) is 2.48. The second-order valence-electron chi connectivity index (χ2n) is 4.44. The Hall–Kier alpha value is -0.300. The van der Waals surface area contributed by atoms with Crippen LogP contribution in [-0.2, 0) is 0 Å². The quantitative estimate of drug-likeness (QED) is 0.498. The van der Waals surface area contributed by atoms with Gasteiger partial charge < -0.3 is 4.90 Å². The van der Waals surface area contributed by atoms with Gasteiger partial charge in [0.2, 0.25) is 0 Å². The largest absolute Gasteiger partial charge is 0.305 e. The fourth-order valence-corrected chi connectivity index (χ4v) is 3.04. The van der Waals surface area contributed by atoms with Crippen molar-refractivity contribution in [1.82, 2.24) is 4.90 Å². The molecule has 1 saturated heterocycles. The van der Waals surface area contributed by atoms with E-state index >= 15 is 0 Å². The summed E-state index contributed by atoms with van der Waals surface area (Å²) >= 11 is 0. The Morgan fingerprint density at radius 3 is 2.83 bits per heavy atom. The summed E-state index contributed by atoms with van der Waals surface area (Å²) in [6.07, 6.45) is 8.00. The van der Waals surface area contributed by atoms with Gasteiger partial charge in [-0.05, 0) is 46.2 Å². The highest BCUT2D eigenvalue weighted by Gasteiger charge is 2.41. The van der Waals surface area contributed by atoms with Gasteiger partial charge in [0.15, 0.2) is 0 Å². The first-order valence-electron chi connectivity index (χ1n) is 5.11. The summed E-state index contributed by atoms with van der Waals surface area (Å²) < 4.78 is 0. The Kier molecular flexibility index (Phi) is 1.99. The summed E-state index contributed by atoms with van der Waals surface area (Å²) in [6, 6.07) is 0. The third-order valence-electron chi connectivity index (χ3n) is 3.68. The fraction of sp³-hybridized carbons (Fsp3) is 0.818. The lowest BCUT2D eigenvalue weighted by Crippen LogP contribution is -2.23. The predicted octanol–water partition coefficient (Wildman–Crippen LogP) is 2.44. The molecule has 1 aliphatic carbocycles. The highest BCUT2D eigenvalue weighted by Crippen LogP contribution is 2.48. The van der Waals surface area contributed by atoms with E-state index in [1.807, 2.05) is 0 Å². The van der Waals surface area contributed by atoms with Crippen LogP contribution in [0, 0.1) is 5.41 Å². The van der Waals surface area contributed by atoms with Crippen molar-refractivity contribution in [2.24, 2.45) is 5.41 Å². The monoisotopic (exact) mass is 165 g/mol. The average Bonchev–Trinajstić information content (AvgIpc) is 2.60. The van der Waals surface area contributed by atoms with E-state index in [2.05, 4.69) is 24.9 Å². The van der Waals surface area contributed by atoms with E-state index < -0.39 is 0 Å². The zero-order valence-electron chi connectivity index (χ0n) is 8.27. The highest BCUT2D eigenvalue weighted by atomic mass is 15.1. The molecule has 0 aromatic heterocycles. The number of rotatable bonds is 0. The summed E-state index contributed by atoms with van der Waals surface area (Å²) in [5.74, 6) is 0. The van der Waals surface area contributed by atoms with Gasteiger partial charge >= 0.3 is 0 Å². The molecule has 0 aromatic carbocycles. The van der Waals surface area contributed by atoms with Gasteiger partial charge in [-0.3, -0.25) is 0 Å². The molecule has 1 atom stereocenters. The van der Waals surface area contributed by atoms with Crippen LogP contribution in [0.25, 0.3) is 0 Å². The van der Waals surface area contributed by atoms with E-state index in [0.717, 1.165) is 0 Å². The van der Waals surface area contributed by atoms with Gasteiger partial charge in [-0.25, -0.2) is 0 Å². The first-order valence-corrected chi connectivity index (χ1v) is 5.11. The van der Waals surface area contributed by atoms with Gasteiger partial charge in [0.25, 0.3) is 0 Å². The van der Waals surface area contributed by atoms with Gasteiger partial charge in [0.1, 0.15) is 0 Å². The number of hydrogen-bond acceptors (Lipinski definition) is 1. The number of allylic oxidation sites excluding steroid dienone is 1. The highest BCUT2D eigenvalue weighted by molar-refractivity contribution is 5.21. The molecule has 1 saturated carbocycles. The van der Waals surface area contributed by atoms with Crippen LogP contribution in [0.5, 0.6) is 0 Å². The van der Waals surface area contributed by atoms with Crippen LogP contribution in [0.2, 0.25) is 0 Å². The Morgan fingerprint density at radius 1 is 1.42 bits per heavy atom. The molecular formula is C11H19N. The van der Waals surface area contributed by atoms with E-state index in [9.17, 15) is 0 Å². The Morgan fingerprint density at radius 2 is 2.25 bits per heavy atom. The van der Waals surface area contributed by atoms with Gasteiger partial charge in [-0.2, -0.15) is 0 Å². The molecule has 0 amide bonds. The minimum Gasteiger partial charge on any atom is -0.305 e. The second kappa shape index (κ2) is 2.88. The standard InChI is InChI=1S/C11H19N/c1-3-10-5-4-6-11(10)7-8-12(2)9-11/h3H,4-9H2,1-2H3. The summed E-state index contributed by atoms with van der Waals surface area (Å²) in [6.45, 7) is 4.82. The molecule has 2 fully saturated rings. The zero-order valence-corrected chi connectivity index (χ0v) is 8.27. The van der Waals surface area contributed by atoms with Crippen LogP contribution in [0.4, 0.5) is 0 Å². The normalized spacial score (nSPS) is 40.3. The molecule has 0 N–H and O–H groups in total. The molecule has 12 heavy (non-hydrogen) atoms. The molecule has 2 rings (SSSR count). The van der Waals surface area contributed by atoms with Crippen LogP contribution in [0.1, 0.15) is 32.6 Å². The third-order valence-corrected chi connectivity index (χ3v) is 3.68. The van der Waals surface area contributed by atoms with Crippen molar-refractivity contribution < 1.29 is 0 Å². The molecule has 2 aliphatic rings. The minimum atomic E-state index is 0.615. The fourth-order valence-electron chi connectivity index (χ4n) is 3.04. The molecule has 0 radical (unpaired) electrons. The molecule has 68 valence electrons. The SMILES string of the molecule is CC=C1CCCC12CCN(C)C2. The molecule has 1 aliphatic heterocycles. The van der Waals surface area contributed by atoms with Crippen molar-refractivity contribution in [2.45, 2.75) is 32.6 Å². The molecule has 1 spiro atoms. The second-order valence-corrected chi connectivity index (χ2v) is 4.44. The van der Waals surface area contributed by atoms with Gasteiger partial charge in [-0.1, -0.05) is 11.6 Å². The van der Waals surface area contributed by atoms with Crippen LogP contribution in [0.3, 0.4) is 0 Å². The van der Waals surface area contributed by atoms with Crippen LogP contribution in [0.15, 0.2) is 11.6 Å². The maximum atomic E-state index is 2.48. The summed E-state index contributed by atoms with van der Waals surface area (Å²) in [5.41, 5.74) is 2.36. The maximum absolute atomic E-state index is 2.48. The maximum Gasteiger partial charge on any atom is 0.00728 e. The number of hydrogen-bond donors (Lipinski definition) is 0. The Labute approximate surface area is 75.4 Å². The molecule has 1 unspecified atom stereocenters. The smallest absolute Gasteiger partial charge is 0.00728 e. The molecule has 0 bridgehead atoms. The van der Waals surface area contributed by atoms with E-state index in [4.69, 9.17) is 0 Å². The van der Waals surface area contributed by atoms with E-state index in [-0.39, 0.29) is 0 Å². The van der Waals surface area contributed by atoms with Gasteiger partial charge in [-0.15, -0.1) is 0 Å². The Bertz CT molecular complexity index is 207. The lowest BCUT2D eigenvalue weighted by atomic mass is 9.81. The van der Waals surface area contributed by atoms with Crippen LogP contribution >= 0.6 is 0 Å². The van der Waals surface area contributed by atoms with Crippen molar-refractivity contribution in [3.8, 4) is 0 Å². The number of nitrogens with zero attached hydrogens (tertiary/aromatic N) is 1. The lowest BCUT2D eigenvalue weighted by Gasteiger charge is -2.24. The molecule has 1 nitrogen and oxygen atoms in total. The minimum absolute atomic E-state index is 0.615. The topological polar surface area (TPSA) is 3.24 Å². The van der Waals surface area contributed by atoms with E-state index in [1.165, 1.54) is 38.8 Å². The van der Waals surface area contributed by atoms with Crippen LogP contribution in [-0.4, -0.2) is 25.0 Å². The molecule has 1 heterocycles. The molecule has 1 heteroatoms. The average molecular weight is 165 g/mol. The first kappa shape index (κ1) is 8.31. The number of likely N-dealkylation sites (tertiary alicyclic amines) is 1. The van der Waals surface area contributed by atoms with Crippen LogP contribution < -0.4 is 0 Å². The summed E-state index contributed by atoms with van der Waals surface area (Å²) in [7, 11) is 2.25. The van der Waals surface area contributed by atoms with Crippen molar-refractivity contribution in [3.63, 3.8) is 0 Å². The summed E-state index contributed by atoms with van der Waals surface area (Å²) in [5, 5.41) is 0. The Balaban J connectivity index is 2.20. The van der Waals surface area contributed by atoms with Crippen molar-refractivity contribution in [2.75, 3.05) is 20.1 Å². The predicted molar refractivity (Wildman–Crippen MR) is 52.2 cm³/mol. The molecular weight excluding hydrogens is 146 g/mol. The van der Waals surface area contributed by atoms with Crippen molar-refractivity contribution in [1.29, 1.82) is 0 Å². The molecule has 0 aromatic rings. The lowest BCUT2D eigenvalue weighted by molar-refractivity contribution is 0.336. The van der Waals surface area contributed by atoms with Gasteiger partial charge in [0, 0.05) is 12.0 Å². The van der Waals surface area contributed by atoms with E-state index in [1.54, 1.807) is 5.57 Å². The third kappa shape index (κ3) is 1.11. The first-order chi connectivity index (χ1) is 5.77. The van der Waals surface area contributed by atoms with Gasteiger partial charge in [0.05, 0.1) is 0 Å². The van der Waals surface area contributed by atoms with Crippen molar-refractivity contribution in [3.05, 3.63) is 11.6 Å². The zero-order chi connectivity index (χ0) is 8.60. The van der Waals surface area contributed by atoms with Crippen molar-refractivity contribution >= 4 is 0 Å². The van der Waals surface area contributed by atoms with E-state index in [0.29, 0.717) is 5.41 Å².